The van der Waals surface area contributed by atoms with Gasteiger partial charge in [-0.2, -0.15) is 0 Å². The molecule has 0 spiro atoms. The summed E-state index contributed by atoms with van der Waals surface area (Å²) in [5, 5.41) is 0.519. The van der Waals surface area contributed by atoms with E-state index in [4.69, 9.17) is 11.6 Å². The van der Waals surface area contributed by atoms with E-state index < -0.39 is 0 Å². The SMILES string of the molecule is Clc1ccc2nc(N3CCCCC3)ccc2n1. The van der Waals surface area contributed by atoms with Crippen LogP contribution in [0.5, 0.6) is 0 Å². The molecular formula is C13H14ClN3. The highest BCUT2D eigenvalue weighted by atomic mass is 35.5. The average molecular weight is 248 g/mol. The molecule has 88 valence electrons. The first-order valence-corrected chi connectivity index (χ1v) is 6.39. The summed E-state index contributed by atoms with van der Waals surface area (Å²) in [6.45, 7) is 2.22. The molecule has 17 heavy (non-hydrogen) atoms. The third kappa shape index (κ3) is 2.20. The monoisotopic (exact) mass is 247 g/mol. The van der Waals surface area contributed by atoms with Gasteiger partial charge in [-0.05, 0) is 43.5 Å². The van der Waals surface area contributed by atoms with Crippen LogP contribution in [0, 0.1) is 0 Å². The summed E-state index contributed by atoms with van der Waals surface area (Å²) in [6, 6.07) is 7.75. The Morgan fingerprint density at radius 2 is 1.59 bits per heavy atom. The van der Waals surface area contributed by atoms with E-state index in [0.29, 0.717) is 5.15 Å². The zero-order valence-corrected chi connectivity index (χ0v) is 10.3. The zero-order chi connectivity index (χ0) is 11.7. The van der Waals surface area contributed by atoms with Crippen LogP contribution in [0.15, 0.2) is 24.3 Å². The second-order valence-corrected chi connectivity index (χ2v) is 4.78. The van der Waals surface area contributed by atoms with Gasteiger partial charge in [-0.1, -0.05) is 11.6 Å². The van der Waals surface area contributed by atoms with Crippen LogP contribution < -0.4 is 4.90 Å². The topological polar surface area (TPSA) is 29.0 Å². The summed E-state index contributed by atoms with van der Waals surface area (Å²) in [4.78, 5) is 11.2. The third-order valence-corrected chi connectivity index (χ3v) is 3.38. The predicted molar refractivity (Wildman–Crippen MR) is 70.6 cm³/mol. The molecule has 0 amide bonds. The highest BCUT2D eigenvalue weighted by Crippen LogP contribution is 2.21. The van der Waals surface area contributed by atoms with Gasteiger partial charge < -0.3 is 4.90 Å². The number of pyridine rings is 2. The molecule has 0 atom stereocenters. The second-order valence-electron chi connectivity index (χ2n) is 4.39. The van der Waals surface area contributed by atoms with Crippen LogP contribution in [0.25, 0.3) is 11.0 Å². The molecule has 1 aliphatic rings. The fourth-order valence-corrected chi connectivity index (χ4v) is 2.43. The number of fused-ring (bicyclic) bond motifs is 1. The molecule has 1 fully saturated rings. The first-order valence-electron chi connectivity index (χ1n) is 6.01. The zero-order valence-electron chi connectivity index (χ0n) is 9.56. The minimum atomic E-state index is 0.519. The van der Waals surface area contributed by atoms with Gasteiger partial charge in [-0.25, -0.2) is 9.97 Å². The van der Waals surface area contributed by atoms with E-state index in [1.807, 2.05) is 18.2 Å². The first kappa shape index (κ1) is 10.8. The Bertz CT molecular complexity index is 535. The molecule has 1 aliphatic heterocycles. The van der Waals surface area contributed by atoms with Gasteiger partial charge in [0.2, 0.25) is 0 Å². The highest BCUT2D eigenvalue weighted by Gasteiger charge is 2.12. The van der Waals surface area contributed by atoms with Crippen molar-refractivity contribution >= 4 is 28.5 Å². The van der Waals surface area contributed by atoms with Crippen LogP contribution in [-0.4, -0.2) is 23.1 Å². The predicted octanol–water partition coefficient (Wildman–Crippen LogP) is 3.27. The summed E-state index contributed by atoms with van der Waals surface area (Å²) in [5.74, 6) is 1.06. The van der Waals surface area contributed by atoms with Gasteiger partial charge in [0.25, 0.3) is 0 Å². The third-order valence-electron chi connectivity index (χ3n) is 3.17. The molecule has 0 aliphatic carbocycles. The van der Waals surface area contributed by atoms with Gasteiger partial charge in [0.15, 0.2) is 0 Å². The molecule has 3 rings (SSSR count). The lowest BCUT2D eigenvalue weighted by Gasteiger charge is -2.27. The number of piperidine rings is 1. The standard InChI is InChI=1S/C13H14ClN3/c14-12-6-4-11-10(15-12)5-7-13(16-11)17-8-2-1-3-9-17/h4-7H,1-3,8-9H2. The normalized spacial score (nSPS) is 16.4. The van der Waals surface area contributed by atoms with Gasteiger partial charge in [-0.15, -0.1) is 0 Å². The molecule has 0 aromatic carbocycles. The van der Waals surface area contributed by atoms with Crippen molar-refractivity contribution in [2.24, 2.45) is 0 Å². The number of aromatic nitrogens is 2. The fourth-order valence-electron chi connectivity index (χ4n) is 2.27. The molecule has 3 heterocycles. The van der Waals surface area contributed by atoms with E-state index in [0.717, 1.165) is 29.9 Å². The number of anilines is 1. The second kappa shape index (κ2) is 4.49. The van der Waals surface area contributed by atoms with Crippen molar-refractivity contribution in [2.45, 2.75) is 19.3 Å². The molecule has 0 N–H and O–H groups in total. The smallest absolute Gasteiger partial charge is 0.129 e. The van der Waals surface area contributed by atoms with Crippen LogP contribution in [0.2, 0.25) is 5.15 Å². The molecule has 0 radical (unpaired) electrons. The molecule has 2 aromatic rings. The van der Waals surface area contributed by atoms with E-state index in [9.17, 15) is 0 Å². The summed E-state index contributed by atoms with van der Waals surface area (Å²) < 4.78 is 0. The Kier molecular flexibility index (Phi) is 2.85. The quantitative estimate of drug-likeness (QED) is 0.725. The van der Waals surface area contributed by atoms with Gasteiger partial charge in [-0.3, -0.25) is 0 Å². The van der Waals surface area contributed by atoms with Crippen LogP contribution in [0.4, 0.5) is 5.82 Å². The maximum atomic E-state index is 5.86. The van der Waals surface area contributed by atoms with Crippen molar-refractivity contribution in [1.82, 2.24) is 9.97 Å². The van der Waals surface area contributed by atoms with E-state index in [1.165, 1.54) is 19.3 Å². The van der Waals surface area contributed by atoms with E-state index >= 15 is 0 Å². The number of nitrogens with zero attached hydrogens (tertiary/aromatic N) is 3. The summed E-state index contributed by atoms with van der Waals surface area (Å²) in [5.41, 5.74) is 1.77. The molecule has 0 unspecified atom stereocenters. The van der Waals surface area contributed by atoms with Crippen LogP contribution in [0.1, 0.15) is 19.3 Å². The minimum absolute atomic E-state index is 0.519. The van der Waals surface area contributed by atoms with Crippen molar-refractivity contribution in [3.05, 3.63) is 29.4 Å². The lowest BCUT2D eigenvalue weighted by molar-refractivity contribution is 0.574. The largest absolute Gasteiger partial charge is 0.357 e. The van der Waals surface area contributed by atoms with E-state index in [1.54, 1.807) is 6.07 Å². The highest BCUT2D eigenvalue weighted by molar-refractivity contribution is 6.29. The molecule has 2 aromatic heterocycles. The Morgan fingerprint density at radius 1 is 0.882 bits per heavy atom. The van der Waals surface area contributed by atoms with Crippen molar-refractivity contribution in [2.75, 3.05) is 18.0 Å². The Labute approximate surface area is 105 Å². The van der Waals surface area contributed by atoms with Gasteiger partial charge in [0.1, 0.15) is 11.0 Å². The number of rotatable bonds is 1. The lowest BCUT2D eigenvalue weighted by Crippen LogP contribution is -2.30. The van der Waals surface area contributed by atoms with Crippen LogP contribution >= 0.6 is 11.6 Å². The number of hydrogen-bond acceptors (Lipinski definition) is 3. The first-order chi connectivity index (χ1) is 8.33. The Hall–Kier alpha value is -1.35. The molecule has 0 bridgehead atoms. The van der Waals surface area contributed by atoms with Crippen molar-refractivity contribution in [1.29, 1.82) is 0 Å². The van der Waals surface area contributed by atoms with Crippen molar-refractivity contribution in [3.8, 4) is 0 Å². The summed E-state index contributed by atoms with van der Waals surface area (Å²) in [6.07, 6.45) is 3.86. The Balaban J connectivity index is 1.98. The summed E-state index contributed by atoms with van der Waals surface area (Å²) >= 11 is 5.86. The van der Waals surface area contributed by atoms with E-state index in [2.05, 4.69) is 14.9 Å². The Morgan fingerprint density at radius 3 is 2.41 bits per heavy atom. The molecule has 1 saturated heterocycles. The van der Waals surface area contributed by atoms with Gasteiger partial charge >= 0.3 is 0 Å². The molecule has 3 nitrogen and oxygen atoms in total. The van der Waals surface area contributed by atoms with Crippen LogP contribution in [0.3, 0.4) is 0 Å². The molecule has 0 saturated carbocycles. The van der Waals surface area contributed by atoms with Crippen LogP contribution in [-0.2, 0) is 0 Å². The lowest BCUT2D eigenvalue weighted by atomic mass is 10.1. The molecule has 4 heteroatoms. The summed E-state index contributed by atoms with van der Waals surface area (Å²) in [7, 11) is 0. The van der Waals surface area contributed by atoms with Gasteiger partial charge in [0, 0.05) is 13.1 Å². The average Bonchev–Trinajstić information content (AvgIpc) is 2.39. The maximum Gasteiger partial charge on any atom is 0.129 e. The number of halogens is 1. The fraction of sp³-hybridized carbons (Fsp3) is 0.385. The number of hydrogen-bond donors (Lipinski definition) is 0. The minimum Gasteiger partial charge on any atom is -0.357 e. The van der Waals surface area contributed by atoms with Crippen molar-refractivity contribution in [3.63, 3.8) is 0 Å². The van der Waals surface area contributed by atoms with E-state index in [-0.39, 0.29) is 0 Å². The van der Waals surface area contributed by atoms with Crippen molar-refractivity contribution < 1.29 is 0 Å². The van der Waals surface area contributed by atoms with Gasteiger partial charge in [0.05, 0.1) is 11.0 Å². The molecular weight excluding hydrogens is 234 g/mol. The maximum absolute atomic E-state index is 5.86.